The van der Waals surface area contributed by atoms with E-state index >= 15 is 0 Å². The molecule has 5 heteroatoms. The zero-order valence-corrected chi connectivity index (χ0v) is 14.5. The SMILES string of the molecule is CCSCCC(C)NCc1cc(OC)c(OC)cc1OC. The summed E-state index contributed by atoms with van der Waals surface area (Å²) < 4.78 is 16.1. The molecule has 1 atom stereocenters. The Morgan fingerprint density at radius 1 is 1.05 bits per heavy atom. The van der Waals surface area contributed by atoms with E-state index in [-0.39, 0.29) is 0 Å². The van der Waals surface area contributed by atoms with Crippen molar-refractivity contribution in [2.45, 2.75) is 32.9 Å². The maximum atomic E-state index is 5.44. The highest BCUT2D eigenvalue weighted by atomic mass is 32.2. The lowest BCUT2D eigenvalue weighted by Gasteiger charge is -2.17. The Bertz CT molecular complexity index is 426. The van der Waals surface area contributed by atoms with Crippen LogP contribution >= 0.6 is 11.8 Å². The molecule has 0 fully saturated rings. The normalized spacial score (nSPS) is 12.0. The quantitative estimate of drug-likeness (QED) is 0.671. The van der Waals surface area contributed by atoms with E-state index in [4.69, 9.17) is 14.2 Å². The van der Waals surface area contributed by atoms with Gasteiger partial charge in [-0.2, -0.15) is 11.8 Å². The first kappa shape index (κ1) is 18.0. The number of benzene rings is 1. The van der Waals surface area contributed by atoms with Gasteiger partial charge in [-0.25, -0.2) is 0 Å². The molecule has 0 radical (unpaired) electrons. The van der Waals surface area contributed by atoms with Crippen LogP contribution in [0.2, 0.25) is 0 Å². The fourth-order valence-corrected chi connectivity index (χ4v) is 2.83. The van der Waals surface area contributed by atoms with Crippen molar-refractivity contribution in [2.75, 3.05) is 32.8 Å². The van der Waals surface area contributed by atoms with Crippen molar-refractivity contribution in [1.82, 2.24) is 5.32 Å². The molecule has 0 spiro atoms. The second-order valence-corrected chi connectivity index (χ2v) is 6.18. The Morgan fingerprint density at radius 3 is 2.24 bits per heavy atom. The summed E-state index contributed by atoms with van der Waals surface area (Å²) in [5.74, 6) is 4.59. The van der Waals surface area contributed by atoms with Crippen molar-refractivity contribution in [3.63, 3.8) is 0 Å². The molecule has 0 saturated carbocycles. The van der Waals surface area contributed by atoms with E-state index in [2.05, 4.69) is 19.2 Å². The highest BCUT2D eigenvalue weighted by Gasteiger charge is 2.12. The molecule has 21 heavy (non-hydrogen) atoms. The highest BCUT2D eigenvalue weighted by molar-refractivity contribution is 7.99. The maximum Gasteiger partial charge on any atom is 0.164 e. The Kier molecular flexibility index (Phi) is 8.38. The molecule has 1 aromatic rings. The van der Waals surface area contributed by atoms with Crippen LogP contribution in [0.15, 0.2) is 12.1 Å². The summed E-state index contributed by atoms with van der Waals surface area (Å²) in [5.41, 5.74) is 1.07. The van der Waals surface area contributed by atoms with Crippen LogP contribution in [0.1, 0.15) is 25.8 Å². The van der Waals surface area contributed by atoms with E-state index in [9.17, 15) is 0 Å². The van der Waals surface area contributed by atoms with E-state index < -0.39 is 0 Å². The van der Waals surface area contributed by atoms with Gasteiger partial charge in [0.2, 0.25) is 0 Å². The van der Waals surface area contributed by atoms with Crippen molar-refractivity contribution >= 4 is 11.8 Å². The van der Waals surface area contributed by atoms with Crippen LogP contribution in [0.5, 0.6) is 17.2 Å². The first-order chi connectivity index (χ1) is 10.2. The molecule has 4 nitrogen and oxygen atoms in total. The number of nitrogens with one attached hydrogen (secondary N) is 1. The minimum absolute atomic E-state index is 0.474. The van der Waals surface area contributed by atoms with Gasteiger partial charge in [0.05, 0.1) is 21.3 Å². The van der Waals surface area contributed by atoms with Crippen LogP contribution in [0, 0.1) is 0 Å². The third-order valence-electron chi connectivity index (χ3n) is 3.33. The van der Waals surface area contributed by atoms with Crippen molar-refractivity contribution < 1.29 is 14.2 Å². The van der Waals surface area contributed by atoms with Crippen molar-refractivity contribution in [2.24, 2.45) is 0 Å². The smallest absolute Gasteiger partial charge is 0.164 e. The third kappa shape index (κ3) is 5.67. The molecule has 0 aromatic heterocycles. The van der Waals surface area contributed by atoms with E-state index in [0.717, 1.165) is 30.0 Å². The molecule has 120 valence electrons. The van der Waals surface area contributed by atoms with Crippen molar-refractivity contribution in [3.8, 4) is 17.2 Å². The summed E-state index contributed by atoms with van der Waals surface area (Å²) in [6, 6.07) is 4.31. The maximum absolute atomic E-state index is 5.44. The van der Waals surface area contributed by atoms with Crippen LogP contribution in [0.25, 0.3) is 0 Å². The average Bonchev–Trinajstić information content (AvgIpc) is 2.52. The van der Waals surface area contributed by atoms with Gasteiger partial charge in [-0.05, 0) is 30.9 Å². The monoisotopic (exact) mass is 313 g/mol. The molecule has 0 aliphatic rings. The predicted octanol–water partition coefficient (Wildman–Crippen LogP) is 3.33. The predicted molar refractivity (Wildman–Crippen MR) is 90.0 cm³/mol. The lowest BCUT2D eigenvalue weighted by Crippen LogP contribution is -2.26. The van der Waals surface area contributed by atoms with Crippen LogP contribution in [-0.4, -0.2) is 38.9 Å². The van der Waals surface area contributed by atoms with E-state index in [1.165, 1.54) is 11.5 Å². The number of ether oxygens (including phenoxy) is 3. The molecule has 1 unspecified atom stereocenters. The summed E-state index contributed by atoms with van der Waals surface area (Å²) in [5, 5.41) is 3.53. The Hall–Kier alpha value is -1.07. The van der Waals surface area contributed by atoms with Gasteiger partial charge in [0, 0.05) is 24.2 Å². The first-order valence-corrected chi connectivity index (χ1v) is 8.41. The number of methoxy groups -OCH3 is 3. The standard InChI is InChI=1S/C16H27NO3S/c1-6-21-8-7-12(2)17-11-13-9-15(19-4)16(20-5)10-14(13)18-3/h9-10,12,17H,6-8,11H2,1-5H3. The summed E-state index contributed by atoms with van der Waals surface area (Å²) in [4.78, 5) is 0. The Labute approximate surface area is 132 Å². The Balaban J connectivity index is 2.68. The Morgan fingerprint density at radius 2 is 1.67 bits per heavy atom. The topological polar surface area (TPSA) is 39.7 Å². The van der Waals surface area contributed by atoms with Crippen LogP contribution in [-0.2, 0) is 6.54 Å². The average molecular weight is 313 g/mol. The number of rotatable bonds is 10. The molecule has 1 rings (SSSR count). The fraction of sp³-hybridized carbons (Fsp3) is 0.625. The molecule has 0 bridgehead atoms. The third-order valence-corrected chi connectivity index (χ3v) is 4.26. The molecule has 0 aliphatic carbocycles. The molecular formula is C16H27NO3S. The minimum Gasteiger partial charge on any atom is -0.496 e. The second kappa shape index (κ2) is 9.79. The van der Waals surface area contributed by atoms with E-state index in [1.807, 2.05) is 23.9 Å². The molecule has 1 aromatic carbocycles. The van der Waals surface area contributed by atoms with Gasteiger partial charge in [0.25, 0.3) is 0 Å². The molecule has 0 amide bonds. The fourth-order valence-electron chi connectivity index (χ4n) is 2.02. The molecule has 0 heterocycles. The van der Waals surface area contributed by atoms with Gasteiger partial charge in [0.15, 0.2) is 11.5 Å². The lowest BCUT2D eigenvalue weighted by molar-refractivity contribution is 0.346. The number of hydrogen-bond donors (Lipinski definition) is 1. The van der Waals surface area contributed by atoms with Gasteiger partial charge in [-0.1, -0.05) is 6.92 Å². The van der Waals surface area contributed by atoms with Crippen molar-refractivity contribution in [1.29, 1.82) is 0 Å². The molecule has 1 N–H and O–H groups in total. The van der Waals surface area contributed by atoms with Crippen LogP contribution < -0.4 is 19.5 Å². The van der Waals surface area contributed by atoms with E-state index in [1.54, 1.807) is 21.3 Å². The molecule has 0 saturated heterocycles. The van der Waals surface area contributed by atoms with Gasteiger partial charge in [-0.15, -0.1) is 0 Å². The number of thioether (sulfide) groups is 1. The van der Waals surface area contributed by atoms with Crippen LogP contribution in [0.3, 0.4) is 0 Å². The summed E-state index contributed by atoms with van der Waals surface area (Å²) in [7, 11) is 4.95. The first-order valence-electron chi connectivity index (χ1n) is 7.26. The largest absolute Gasteiger partial charge is 0.496 e. The summed E-state index contributed by atoms with van der Waals surface area (Å²) >= 11 is 1.98. The van der Waals surface area contributed by atoms with Gasteiger partial charge in [-0.3, -0.25) is 0 Å². The zero-order chi connectivity index (χ0) is 15.7. The lowest BCUT2D eigenvalue weighted by atomic mass is 10.1. The van der Waals surface area contributed by atoms with E-state index in [0.29, 0.717) is 11.8 Å². The minimum atomic E-state index is 0.474. The number of hydrogen-bond acceptors (Lipinski definition) is 5. The summed E-state index contributed by atoms with van der Waals surface area (Å²) in [6.45, 7) is 5.15. The molecular weight excluding hydrogens is 286 g/mol. The second-order valence-electron chi connectivity index (χ2n) is 4.79. The zero-order valence-electron chi connectivity index (χ0n) is 13.7. The molecule has 0 aliphatic heterocycles. The van der Waals surface area contributed by atoms with Gasteiger partial charge >= 0.3 is 0 Å². The van der Waals surface area contributed by atoms with Crippen molar-refractivity contribution in [3.05, 3.63) is 17.7 Å². The van der Waals surface area contributed by atoms with Crippen LogP contribution in [0.4, 0.5) is 0 Å². The summed E-state index contributed by atoms with van der Waals surface area (Å²) in [6.07, 6.45) is 1.16. The van der Waals surface area contributed by atoms with Gasteiger partial charge in [0.1, 0.15) is 5.75 Å². The van der Waals surface area contributed by atoms with Gasteiger partial charge < -0.3 is 19.5 Å². The highest BCUT2D eigenvalue weighted by Crippen LogP contribution is 2.34.